The number of hydrogen-bond acceptors (Lipinski definition) is 4. The molecular formula is C14H15N3OS. The van der Waals surface area contributed by atoms with Crippen molar-refractivity contribution < 1.29 is 4.79 Å². The topological polar surface area (TPSA) is 68.0 Å². The van der Waals surface area contributed by atoms with Crippen LogP contribution in [0.2, 0.25) is 0 Å². The van der Waals surface area contributed by atoms with Gasteiger partial charge in [0.05, 0.1) is 5.69 Å². The van der Waals surface area contributed by atoms with E-state index in [-0.39, 0.29) is 5.91 Å². The minimum atomic E-state index is -0.0267. The van der Waals surface area contributed by atoms with Crippen LogP contribution in [0.15, 0.2) is 35.7 Å². The molecule has 0 aliphatic heterocycles. The van der Waals surface area contributed by atoms with Crippen molar-refractivity contribution in [1.82, 2.24) is 10.3 Å². The van der Waals surface area contributed by atoms with Crippen molar-refractivity contribution in [1.29, 1.82) is 0 Å². The van der Waals surface area contributed by atoms with Crippen molar-refractivity contribution in [2.45, 2.75) is 6.92 Å². The highest BCUT2D eigenvalue weighted by Gasteiger charge is 2.01. The largest absolute Gasteiger partial charge is 0.375 e. The number of nitrogens with two attached hydrogens (primary N) is 1. The Hall–Kier alpha value is -2.14. The van der Waals surface area contributed by atoms with Crippen molar-refractivity contribution in [3.05, 3.63) is 41.3 Å². The van der Waals surface area contributed by atoms with Gasteiger partial charge in [0.15, 0.2) is 5.13 Å². The number of carbonyl (C=O) groups excluding carboxylic acids is 1. The lowest BCUT2D eigenvalue weighted by atomic mass is 10.1. The Balaban J connectivity index is 2.00. The summed E-state index contributed by atoms with van der Waals surface area (Å²) in [6.07, 6.45) is 3.88. The van der Waals surface area contributed by atoms with Crippen LogP contribution in [0, 0.1) is 0 Å². The van der Waals surface area contributed by atoms with Crippen molar-refractivity contribution in [3.8, 4) is 11.3 Å². The highest BCUT2D eigenvalue weighted by Crippen LogP contribution is 2.23. The molecular weight excluding hydrogens is 258 g/mol. The number of nitrogen functional groups attached to an aromatic ring is 1. The zero-order chi connectivity index (χ0) is 13.7. The Bertz CT molecular complexity index is 587. The quantitative estimate of drug-likeness (QED) is 0.899. The Labute approximate surface area is 116 Å². The third kappa shape index (κ3) is 3.93. The molecule has 0 spiro atoms. The smallest absolute Gasteiger partial charge is 0.217 e. The molecule has 0 unspecified atom stereocenters. The average Bonchev–Trinajstić information content (AvgIpc) is 2.82. The van der Waals surface area contributed by atoms with Crippen LogP contribution in [-0.4, -0.2) is 17.4 Å². The van der Waals surface area contributed by atoms with Gasteiger partial charge < -0.3 is 11.1 Å². The SMILES string of the molecule is CC(=O)NCC=Cc1ccc(-c2csc(N)n2)cc1. The summed E-state index contributed by atoms with van der Waals surface area (Å²) in [5.74, 6) is -0.0267. The van der Waals surface area contributed by atoms with E-state index in [0.29, 0.717) is 11.7 Å². The van der Waals surface area contributed by atoms with Gasteiger partial charge in [-0.1, -0.05) is 36.4 Å². The second-order valence-corrected chi connectivity index (χ2v) is 4.92. The van der Waals surface area contributed by atoms with Gasteiger partial charge >= 0.3 is 0 Å². The standard InChI is InChI=1S/C14H15N3OS/c1-10(18)16-8-2-3-11-4-6-12(7-5-11)13-9-19-14(15)17-13/h2-7,9H,8H2,1H3,(H2,15,17)(H,16,18). The zero-order valence-electron chi connectivity index (χ0n) is 10.6. The second-order valence-electron chi connectivity index (χ2n) is 4.03. The molecule has 1 aromatic heterocycles. The van der Waals surface area contributed by atoms with Crippen LogP contribution in [0.3, 0.4) is 0 Å². The highest BCUT2D eigenvalue weighted by molar-refractivity contribution is 7.13. The van der Waals surface area contributed by atoms with E-state index in [0.717, 1.165) is 16.8 Å². The van der Waals surface area contributed by atoms with E-state index in [9.17, 15) is 4.79 Å². The van der Waals surface area contributed by atoms with Crippen LogP contribution in [0.4, 0.5) is 5.13 Å². The highest BCUT2D eigenvalue weighted by atomic mass is 32.1. The molecule has 1 amide bonds. The number of carbonyl (C=O) groups is 1. The van der Waals surface area contributed by atoms with Gasteiger partial charge in [0.2, 0.25) is 5.91 Å². The van der Waals surface area contributed by atoms with E-state index >= 15 is 0 Å². The average molecular weight is 273 g/mol. The van der Waals surface area contributed by atoms with E-state index in [2.05, 4.69) is 10.3 Å². The summed E-state index contributed by atoms with van der Waals surface area (Å²) >= 11 is 1.44. The van der Waals surface area contributed by atoms with Gasteiger partial charge in [-0.15, -0.1) is 11.3 Å². The molecule has 0 bridgehead atoms. The minimum Gasteiger partial charge on any atom is -0.375 e. The zero-order valence-corrected chi connectivity index (χ0v) is 11.4. The summed E-state index contributed by atoms with van der Waals surface area (Å²) in [5, 5.41) is 5.23. The first-order valence-corrected chi connectivity index (χ1v) is 6.75. The number of rotatable bonds is 4. The lowest BCUT2D eigenvalue weighted by Gasteiger charge is -1.98. The van der Waals surface area contributed by atoms with Gasteiger partial charge in [-0.3, -0.25) is 4.79 Å². The van der Waals surface area contributed by atoms with Gasteiger partial charge in [-0.2, -0.15) is 0 Å². The Morgan fingerprint density at radius 3 is 2.74 bits per heavy atom. The van der Waals surface area contributed by atoms with Crippen molar-refractivity contribution in [2.75, 3.05) is 12.3 Å². The number of benzene rings is 1. The third-order valence-corrected chi connectivity index (χ3v) is 3.18. The van der Waals surface area contributed by atoms with Crippen LogP contribution >= 0.6 is 11.3 Å². The Kier molecular flexibility index (Phi) is 4.30. The molecule has 2 aromatic rings. The Morgan fingerprint density at radius 2 is 2.16 bits per heavy atom. The lowest BCUT2D eigenvalue weighted by Crippen LogP contribution is -2.19. The molecule has 1 heterocycles. The predicted octanol–water partition coefficient (Wildman–Crippen LogP) is 2.54. The lowest BCUT2D eigenvalue weighted by molar-refractivity contribution is -0.118. The molecule has 0 saturated heterocycles. The maximum Gasteiger partial charge on any atom is 0.217 e. The molecule has 19 heavy (non-hydrogen) atoms. The number of amides is 1. The maximum atomic E-state index is 10.7. The van der Waals surface area contributed by atoms with Gasteiger partial charge in [0.1, 0.15) is 0 Å². The molecule has 3 N–H and O–H groups in total. The molecule has 5 heteroatoms. The van der Waals surface area contributed by atoms with Crippen LogP contribution < -0.4 is 11.1 Å². The van der Waals surface area contributed by atoms with Crippen molar-refractivity contribution >= 4 is 28.5 Å². The first-order chi connectivity index (χ1) is 9.15. The maximum absolute atomic E-state index is 10.7. The van der Waals surface area contributed by atoms with E-state index in [1.807, 2.05) is 41.8 Å². The number of aromatic nitrogens is 1. The minimum absolute atomic E-state index is 0.0267. The fourth-order valence-corrected chi connectivity index (χ4v) is 2.16. The molecule has 0 fully saturated rings. The number of hydrogen-bond donors (Lipinski definition) is 2. The molecule has 0 aliphatic carbocycles. The van der Waals surface area contributed by atoms with Crippen molar-refractivity contribution in [2.24, 2.45) is 0 Å². The molecule has 0 saturated carbocycles. The van der Waals surface area contributed by atoms with Gasteiger partial charge in [-0.25, -0.2) is 4.98 Å². The molecule has 98 valence electrons. The summed E-state index contributed by atoms with van der Waals surface area (Å²) in [6, 6.07) is 8.03. The van der Waals surface area contributed by atoms with E-state index in [1.54, 1.807) is 0 Å². The molecule has 1 aromatic carbocycles. The van der Waals surface area contributed by atoms with Crippen LogP contribution in [-0.2, 0) is 4.79 Å². The summed E-state index contributed by atoms with van der Waals surface area (Å²) in [7, 11) is 0. The van der Waals surface area contributed by atoms with Gasteiger partial charge in [-0.05, 0) is 5.56 Å². The molecule has 0 aliphatic rings. The van der Waals surface area contributed by atoms with E-state index in [1.165, 1.54) is 18.3 Å². The van der Waals surface area contributed by atoms with Crippen LogP contribution in [0.1, 0.15) is 12.5 Å². The summed E-state index contributed by atoms with van der Waals surface area (Å²) in [5.41, 5.74) is 8.64. The molecule has 4 nitrogen and oxygen atoms in total. The first-order valence-electron chi connectivity index (χ1n) is 5.87. The van der Waals surface area contributed by atoms with E-state index in [4.69, 9.17) is 5.73 Å². The third-order valence-electron chi connectivity index (χ3n) is 2.51. The second kappa shape index (κ2) is 6.15. The fraction of sp³-hybridized carbons (Fsp3) is 0.143. The van der Waals surface area contributed by atoms with E-state index < -0.39 is 0 Å². The predicted molar refractivity (Wildman–Crippen MR) is 79.7 cm³/mol. The molecule has 2 rings (SSSR count). The number of anilines is 1. The normalized spacial score (nSPS) is 10.8. The molecule has 0 atom stereocenters. The van der Waals surface area contributed by atoms with Crippen molar-refractivity contribution in [3.63, 3.8) is 0 Å². The fourth-order valence-electron chi connectivity index (χ4n) is 1.58. The summed E-state index contributed by atoms with van der Waals surface area (Å²) in [4.78, 5) is 14.9. The van der Waals surface area contributed by atoms with Crippen LogP contribution in [0.25, 0.3) is 17.3 Å². The Morgan fingerprint density at radius 1 is 1.42 bits per heavy atom. The number of nitrogens with one attached hydrogen (secondary N) is 1. The number of nitrogens with zero attached hydrogens (tertiary/aromatic N) is 1. The number of thiazole rings is 1. The van der Waals surface area contributed by atoms with Crippen LogP contribution in [0.5, 0.6) is 0 Å². The summed E-state index contributed by atoms with van der Waals surface area (Å²) < 4.78 is 0. The van der Waals surface area contributed by atoms with Gasteiger partial charge in [0, 0.05) is 24.4 Å². The first kappa shape index (κ1) is 13.3. The summed E-state index contributed by atoms with van der Waals surface area (Å²) in [6.45, 7) is 2.04. The van der Waals surface area contributed by atoms with Gasteiger partial charge in [0.25, 0.3) is 0 Å². The monoisotopic (exact) mass is 273 g/mol. The molecule has 0 radical (unpaired) electrons.